The van der Waals surface area contributed by atoms with Crippen molar-refractivity contribution in [1.82, 2.24) is 10.5 Å². The number of anilines is 1. The number of ether oxygens (including phenoxy) is 1. The van der Waals surface area contributed by atoms with Gasteiger partial charge >= 0.3 is 0 Å². The van der Waals surface area contributed by atoms with Crippen LogP contribution in [-0.4, -0.2) is 37.3 Å². The standard InChI is InChI=1S/C21H20ClN3O3/c1-27-19-8-7-15(22)11-18(19)25-10-9-16(13-25)23-21(26)20-12-17(24-28-20)14-5-3-2-4-6-14/h2-8,11-12,16H,9-10,13H2,1H3,(H,23,26). The van der Waals surface area contributed by atoms with Gasteiger partial charge in [0.05, 0.1) is 12.8 Å². The van der Waals surface area contributed by atoms with Crippen molar-refractivity contribution >= 4 is 23.2 Å². The Labute approximate surface area is 168 Å². The molecule has 0 saturated carbocycles. The van der Waals surface area contributed by atoms with E-state index in [9.17, 15) is 4.79 Å². The van der Waals surface area contributed by atoms with E-state index in [4.69, 9.17) is 20.9 Å². The van der Waals surface area contributed by atoms with E-state index in [1.807, 2.05) is 42.5 Å². The number of amides is 1. The number of hydrogen-bond donors (Lipinski definition) is 1. The zero-order chi connectivity index (χ0) is 19.5. The summed E-state index contributed by atoms with van der Waals surface area (Å²) in [6, 6.07) is 16.8. The Balaban J connectivity index is 1.42. The number of aromatic nitrogens is 1. The summed E-state index contributed by atoms with van der Waals surface area (Å²) in [5.41, 5.74) is 2.48. The van der Waals surface area contributed by atoms with Gasteiger partial charge < -0.3 is 19.5 Å². The van der Waals surface area contributed by atoms with Crippen LogP contribution in [0.5, 0.6) is 5.75 Å². The summed E-state index contributed by atoms with van der Waals surface area (Å²) in [5, 5.41) is 7.67. The summed E-state index contributed by atoms with van der Waals surface area (Å²) in [6.07, 6.45) is 0.821. The zero-order valence-corrected chi connectivity index (χ0v) is 16.1. The van der Waals surface area contributed by atoms with Crippen LogP contribution in [0.2, 0.25) is 5.02 Å². The van der Waals surface area contributed by atoms with Gasteiger partial charge in [0, 0.05) is 35.8 Å². The third kappa shape index (κ3) is 3.82. The van der Waals surface area contributed by atoms with Gasteiger partial charge in [0.15, 0.2) is 0 Å². The third-order valence-corrected chi connectivity index (χ3v) is 5.04. The highest BCUT2D eigenvalue weighted by Gasteiger charge is 2.27. The average molecular weight is 398 g/mol. The summed E-state index contributed by atoms with van der Waals surface area (Å²) in [6.45, 7) is 1.47. The molecule has 2 heterocycles. The summed E-state index contributed by atoms with van der Waals surface area (Å²) in [4.78, 5) is 14.7. The van der Waals surface area contributed by atoms with E-state index >= 15 is 0 Å². The summed E-state index contributed by atoms with van der Waals surface area (Å²) in [5.74, 6) is 0.705. The molecule has 1 aliphatic heterocycles. The minimum atomic E-state index is -0.264. The molecule has 0 radical (unpaired) electrons. The first-order chi connectivity index (χ1) is 13.6. The lowest BCUT2D eigenvalue weighted by Crippen LogP contribution is -2.37. The zero-order valence-electron chi connectivity index (χ0n) is 15.4. The molecule has 1 atom stereocenters. The van der Waals surface area contributed by atoms with Gasteiger partial charge in [-0.15, -0.1) is 0 Å². The first-order valence-electron chi connectivity index (χ1n) is 9.05. The molecule has 1 N–H and O–H groups in total. The Morgan fingerprint density at radius 1 is 1.25 bits per heavy atom. The fourth-order valence-electron chi connectivity index (χ4n) is 3.39. The summed E-state index contributed by atoms with van der Waals surface area (Å²) >= 11 is 6.13. The number of carbonyl (C=O) groups excluding carboxylic acids is 1. The van der Waals surface area contributed by atoms with E-state index in [1.165, 1.54) is 0 Å². The molecule has 7 heteroatoms. The van der Waals surface area contributed by atoms with Crippen molar-refractivity contribution in [1.29, 1.82) is 0 Å². The van der Waals surface area contributed by atoms with Gasteiger partial charge in [-0.1, -0.05) is 47.1 Å². The van der Waals surface area contributed by atoms with Crippen molar-refractivity contribution in [2.45, 2.75) is 12.5 Å². The lowest BCUT2D eigenvalue weighted by atomic mass is 10.1. The summed E-state index contributed by atoms with van der Waals surface area (Å²) < 4.78 is 10.7. The lowest BCUT2D eigenvalue weighted by Gasteiger charge is -2.21. The van der Waals surface area contributed by atoms with Crippen LogP contribution in [0.1, 0.15) is 17.0 Å². The molecule has 144 valence electrons. The van der Waals surface area contributed by atoms with Crippen molar-refractivity contribution in [3.8, 4) is 17.0 Å². The fourth-order valence-corrected chi connectivity index (χ4v) is 3.56. The maximum absolute atomic E-state index is 12.6. The molecule has 1 amide bonds. The van der Waals surface area contributed by atoms with Gasteiger partial charge in [-0.3, -0.25) is 4.79 Å². The van der Waals surface area contributed by atoms with Crippen molar-refractivity contribution < 1.29 is 14.1 Å². The van der Waals surface area contributed by atoms with Gasteiger partial charge in [-0.05, 0) is 24.6 Å². The van der Waals surface area contributed by atoms with Crippen molar-refractivity contribution in [3.05, 3.63) is 65.4 Å². The summed E-state index contributed by atoms with van der Waals surface area (Å²) in [7, 11) is 1.64. The maximum atomic E-state index is 12.6. The smallest absolute Gasteiger partial charge is 0.290 e. The average Bonchev–Trinajstić information content (AvgIpc) is 3.38. The Morgan fingerprint density at radius 2 is 2.07 bits per heavy atom. The van der Waals surface area contributed by atoms with E-state index in [-0.39, 0.29) is 17.7 Å². The number of carbonyl (C=O) groups is 1. The highest BCUT2D eigenvalue weighted by Crippen LogP contribution is 2.33. The molecule has 1 unspecified atom stereocenters. The normalized spacial score (nSPS) is 16.2. The van der Waals surface area contributed by atoms with Crippen molar-refractivity contribution in [3.63, 3.8) is 0 Å². The molecule has 0 aliphatic carbocycles. The predicted molar refractivity (Wildman–Crippen MR) is 108 cm³/mol. The van der Waals surface area contributed by atoms with Gasteiger partial charge in [-0.25, -0.2) is 0 Å². The van der Waals surface area contributed by atoms with Crippen molar-refractivity contribution in [2.75, 3.05) is 25.1 Å². The Hall–Kier alpha value is -2.99. The van der Waals surface area contributed by atoms with Gasteiger partial charge in [0.2, 0.25) is 5.76 Å². The molecule has 6 nitrogen and oxygen atoms in total. The maximum Gasteiger partial charge on any atom is 0.290 e. The number of benzene rings is 2. The molecule has 1 saturated heterocycles. The molecule has 28 heavy (non-hydrogen) atoms. The molecule has 3 aromatic rings. The lowest BCUT2D eigenvalue weighted by molar-refractivity contribution is 0.0903. The van der Waals surface area contributed by atoms with Crippen LogP contribution in [0, 0.1) is 0 Å². The Morgan fingerprint density at radius 3 is 2.86 bits per heavy atom. The van der Waals surface area contributed by atoms with Crippen LogP contribution in [-0.2, 0) is 0 Å². The molecular weight excluding hydrogens is 378 g/mol. The Bertz CT molecular complexity index is 974. The SMILES string of the molecule is COc1ccc(Cl)cc1N1CCC(NC(=O)c2cc(-c3ccccc3)no2)C1. The van der Waals surface area contributed by atoms with Crippen LogP contribution in [0.3, 0.4) is 0 Å². The van der Waals surface area contributed by atoms with Crippen LogP contribution in [0.25, 0.3) is 11.3 Å². The molecule has 2 aromatic carbocycles. The Kier molecular flexibility index (Phi) is 5.21. The van der Waals surface area contributed by atoms with Crippen LogP contribution in [0.4, 0.5) is 5.69 Å². The fraction of sp³-hybridized carbons (Fsp3) is 0.238. The highest BCUT2D eigenvalue weighted by atomic mass is 35.5. The third-order valence-electron chi connectivity index (χ3n) is 4.81. The second-order valence-electron chi connectivity index (χ2n) is 6.66. The molecule has 1 aliphatic rings. The topological polar surface area (TPSA) is 67.6 Å². The highest BCUT2D eigenvalue weighted by molar-refractivity contribution is 6.30. The second kappa shape index (κ2) is 7.94. The van der Waals surface area contributed by atoms with E-state index < -0.39 is 0 Å². The van der Waals surface area contributed by atoms with Gasteiger partial charge in [-0.2, -0.15) is 0 Å². The number of methoxy groups -OCH3 is 1. The van der Waals surface area contributed by atoms with Crippen molar-refractivity contribution in [2.24, 2.45) is 0 Å². The largest absolute Gasteiger partial charge is 0.495 e. The van der Waals surface area contributed by atoms with E-state index in [0.29, 0.717) is 17.3 Å². The van der Waals surface area contributed by atoms with Crippen LogP contribution >= 0.6 is 11.6 Å². The minimum absolute atomic E-state index is 0.00135. The number of halogens is 1. The quantitative estimate of drug-likeness (QED) is 0.704. The number of hydrogen-bond acceptors (Lipinski definition) is 5. The molecule has 1 fully saturated rings. The van der Waals surface area contributed by atoms with Gasteiger partial charge in [0.25, 0.3) is 5.91 Å². The van der Waals surface area contributed by atoms with Gasteiger partial charge in [0.1, 0.15) is 11.4 Å². The first-order valence-corrected chi connectivity index (χ1v) is 9.43. The first kappa shape index (κ1) is 18.4. The number of nitrogens with zero attached hydrogens (tertiary/aromatic N) is 2. The predicted octanol–water partition coefficient (Wildman–Crippen LogP) is 4.01. The molecule has 0 spiro atoms. The van der Waals surface area contributed by atoms with E-state index in [0.717, 1.165) is 30.0 Å². The molecule has 0 bridgehead atoms. The number of nitrogens with one attached hydrogen (secondary N) is 1. The number of rotatable bonds is 5. The second-order valence-corrected chi connectivity index (χ2v) is 7.10. The molecule has 1 aromatic heterocycles. The van der Waals surface area contributed by atoms with E-state index in [2.05, 4.69) is 15.4 Å². The minimum Gasteiger partial charge on any atom is -0.495 e. The van der Waals surface area contributed by atoms with Crippen LogP contribution < -0.4 is 15.0 Å². The monoisotopic (exact) mass is 397 g/mol. The molecule has 4 rings (SSSR count). The van der Waals surface area contributed by atoms with E-state index in [1.54, 1.807) is 19.2 Å². The van der Waals surface area contributed by atoms with Crippen LogP contribution in [0.15, 0.2) is 59.1 Å². The molecular formula is C21H20ClN3O3.